The first-order valence-corrected chi connectivity index (χ1v) is 6.41. The average molecular weight is 249 g/mol. The molecule has 1 aliphatic rings. The van der Waals surface area contributed by atoms with Crippen LogP contribution in [0.4, 0.5) is 5.82 Å². The molecule has 1 aromatic heterocycles. The molecule has 0 radical (unpaired) electrons. The van der Waals surface area contributed by atoms with E-state index in [0.29, 0.717) is 11.7 Å². The summed E-state index contributed by atoms with van der Waals surface area (Å²) >= 11 is 0. The average Bonchev–Trinajstić information content (AvgIpc) is 2.38. The van der Waals surface area contributed by atoms with E-state index in [9.17, 15) is 4.79 Å². The van der Waals surface area contributed by atoms with E-state index in [-0.39, 0.29) is 18.6 Å². The van der Waals surface area contributed by atoms with Gasteiger partial charge in [0, 0.05) is 12.4 Å². The molecule has 0 aliphatic heterocycles. The van der Waals surface area contributed by atoms with Crippen LogP contribution in [-0.4, -0.2) is 28.6 Å². The molecule has 2 atom stereocenters. The van der Waals surface area contributed by atoms with E-state index in [1.807, 2.05) is 0 Å². The second-order valence-corrected chi connectivity index (χ2v) is 4.84. The lowest BCUT2D eigenvalue weighted by Crippen LogP contribution is -2.27. The van der Waals surface area contributed by atoms with Gasteiger partial charge in [-0.3, -0.25) is 9.78 Å². The Balaban J connectivity index is 1.71. The number of hydrogen-bond acceptors (Lipinski definition) is 4. The van der Waals surface area contributed by atoms with Crippen molar-refractivity contribution in [1.82, 2.24) is 9.97 Å². The van der Waals surface area contributed by atoms with Crippen molar-refractivity contribution in [2.24, 2.45) is 5.92 Å². The monoisotopic (exact) mass is 249 g/mol. The van der Waals surface area contributed by atoms with Crippen molar-refractivity contribution in [3.05, 3.63) is 18.6 Å². The number of nitrogens with one attached hydrogen (secondary N) is 1. The van der Waals surface area contributed by atoms with Crippen LogP contribution < -0.4 is 5.32 Å². The Bertz CT molecular complexity index is 383. The molecule has 0 spiro atoms. The smallest absolute Gasteiger partial charge is 0.251 e. The molecule has 0 unspecified atom stereocenters. The van der Waals surface area contributed by atoms with E-state index in [2.05, 4.69) is 22.2 Å². The maximum atomic E-state index is 11.6. The highest BCUT2D eigenvalue weighted by Gasteiger charge is 2.20. The molecule has 0 aromatic carbocycles. The van der Waals surface area contributed by atoms with Crippen molar-refractivity contribution >= 4 is 11.7 Å². The molecule has 1 aliphatic carbocycles. The maximum Gasteiger partial charge on any atom is 0.251 e. The zero-order valence-electron chi connectivity index (χ0n) is 10.6. The van der Waals surface area contributed by atoms with E-state index >= 15 is 0 Å². The van der Waals surface area contributed by atoms with Gasteiger partial charge in [-0.25, -0.2) is 4.98 Å². The standard InChI is InChI=1S/C13H19N3O2/c1-10-3-2-4-11(7-10)18-9-13(17)16-12-8-14-5-6-15-12/h5-6,8,10-11H,2-4,7,9H2,1H3,(H,15,16,17)/t10-,11+/m1/s1. The second-order valence-electron chi connectivity index (χ2n) is 4.84. The fourth-order valence-corrected chi connectivity index (χ4v) is 2.27. The summed E-state index contributed by atoms with van der Waals surface area (Å²) in [5.74, 6) is 0.989. The minimum atomic E-state index is -0.172. The molecule has 5 nitrogen and oxygen atoms in total. The van der Waals surface area contributed by atoms with E-state index in [1.165, 1.54) is 19.0 Å². The largest absolute Gasteiger partial charge is 0.368 e. The topological polar surface area (TPSA) is 64.1 Å². The van der Waals surface area contributed by atoms with Crippen molar-refractivity contribution in [2.75, 3.05) is 11.9 Å². The summed E-state index contributed by atoms with van der Waals surface area (Å²) in [7, 11) is 0. The summed E-state index contributed by atoms with van der Waals surface area (Å²) in [6.45, 7) is 2.32. The lowest BCUT2D eigenvalue weighted by Gasteiger charge is -2.26. The van der Waals surface area contributed by atoms with Gasteiger partial charge < -0.3 is 10.1 Å². The third-order valence-corrected chi connectivity index (χ3v) is 3.17. The van der Waals surface area contributed by atoms with E-state index in [0.717, 1.165) is 12.8 Å². The molecule has 1 amide bonds. The van der Waals surface area contributed by atoms with E-state index in [1.54, 1.807) is 12.4 Å². The van der Waals surface area contributed by atoms with Gasteiger partial charge in [0.2, 0.25) is 0 Å². The molecule has 1 fully saturated rings. The Morgan fingerprint density at radius 2 is 2.39 bits per heavy atom. The summed E-state index contributed by atoms with van der Waals surface area (Å²) in [6, 6.07) is 0. The van der Waals surface area contributed by atoms with Gasteiger partial charge in [-0.2, -0.15) is 0 Å². The van der Waals surface area contributed by atoms with Crippen LogP contribution in [0, 0.1) is 5.92 Å². The zero-order chi connectivity index (χ0) is 12.8. The second kappa shape index (κ2) is 6.44. The lowest BCUT2D eigenvalue weighted by atomic mass is 9.89. The minimum Gasteiger partial charge on any atom is -0.368 e. The van der Waals surface area contributed by atoms with E-state index < -0.39 is 0 Å². The number of amides is 1. The number of ether oxygens (including phenoxy) is 1. The van der Waals surface area contributed by atoms with Gasteiger partial charge in [0.25, 0.3) is 5.91 Å². The van der Waals surface area contributed by atoms with Crippen molar-refractivity contribution in [3.8, 4) is 0 Å². The molecular formula is C13H19N3O2. The normalized spacial score (nSPS) is 23.6. The van der Waals surface area contributed by atoms with Gasteiger partial charge in [-0.1, -0.05) is 19.8 Å². The predicted molar refractivity (Wildman–Crippen MR) is 68.0 cm³/mol. The molecule has 0 bridgehead atoms. The molecule has 1 heterocycles. The Kier molecular flexibility index (Phi) is 4.64. The van der Waals surface area contributed by atoms with Gasteiger partial charge >= 0.3 is 0 Å². The fraction of sp³-hybridized carbons (Fsp3) is 0.615. The highest BCUT2D eigenvalue weighted by molar-refractivity contribution is 5.90. The molecule has 1 N–H and O–H groups in total. The minimum absolute atomic E-state index is 0.0912. The number of carbonyl (C=O) groups excluding carboxylic acids is 1. The summed E-state index contributed by atoms with van der Waals surface area (Å²) in [5, 5.41) is 2.66. The van der Waals surface area contributed by atoms with Crippen LogP contribution in [0.15, 0.2) is 18.6 Å². The fourth-order valence-electron chi connectivity index (χ4n) is 2.27. The molecule has 18 heavy (non-hydrogen) atoms. The Labute approximate surface area is 107 Å². The first-order chi connectivity index (χ1) is 8.74. The molecular weight excluding hydrogens is 230 g/mol. The third-order valence-electron chi connectivity index (χ3n) is 3.17. The quantitative estimate of drug-likeness (QED) is 0.886. The van der Waals surface area contributed by atoms with Crippen LogP contribution in [0.2, 0.25) is 0 Å². The first kappa shape index (κ1) is 13.0. The van der Waals surface area contributed by atoms with E-state index in [4.69, 9.17) is 4.74 Å². The summed E-state index contributed by atoms with van der Waals surface area (Å²) < 4.78 is 5.63. The predicted octanol–water partition coefficient (Wildman–Crippen LogP) is 2.01. The van der Waals surface area contributed by atoms with Crippen molar-refractivity contribution in [2.45, 2.75) is 38.7 Å². The van der Waals surface area contributed by atoms with Crippen LogP contribution in [0.3, 0.4) is 0 Å². The molecule has 0 saturated heterocycles. The summed E-state index contributed by atoms with van der Waals surface area (Å²) in [5.41, 5.74) is 0. The van der Waals surface area contributed by atoms with Crippen LogP contribution in [0.1, 0.15) is 32.6 Å². The number of rotatable bonds is 4. The Morgan fingerprint density at radius 1 is 1.50 bits per heavy atom. The van der Waals surface area contributed by atoms with Gasteiger partial charge in [0.1, 0.15) is 6.61 Å². The van der Waals surface area contributed by atoms with Crippen LogP contribution in [0.25, 0.3) is 0 Å². The summed E-state index contributed by atoms with van der Waals surface area (Å²) in [6.07, 6.45) is 9.42. The van der Waals surface area contributed by atoms with Crippen LogP contribution in [-0.2, 0) is 9.53 Å². The molecule has 98 valence electrons. The Hall–Kier alpha value is -1.49. The van der Waals surface area contributed by atoms with Crippen molar-refractivity contribution in [3.63, 3.8) is 0 Å². The number of hydrogen-bond donors (Lipinski definition) is 1. The van der Waals surface area contributed by atoms with Gasteiger partial charge in [0.05, 0.1) is 12.3 Å². The molecule has 2 rings (SSSR count). The van der Waals surface area contributed by atoms with Crippen LogP contribution >= 0.6 is 0 Å². The molecule has 1 saturated carbocycles. The highest BCUT2D eigenvalue weighted by Crippen LogP contribution is 2.25. The Morgan fingerprint density at radius 3 is 3.11 bits per heavy atom. The van der Waals surface area contributed by atoms with Gasteiger partial charge in [-0.05, 0) is 18.8 Å². The van der Waals surface area contributed by atoms with Crippen LogP contribution in [0.5, 0.6) is 0 Å². The lowest BCUT2D eigenvalue weighted by molar-refractivity contribution is -0.123. The third kappa shape index (κ3) is 4.07. The summed E-state index contributed by atoms with van der Waals surface area (Å²) in [4.78, 5) is 19.5. The maximum absolute atomic E-state index is 11.6. The van der Waals surface area contributed by atoms with Crippen molar-refractivity contribution in [1.29, 1.82) is 0 Å². The number of aromatic nitrogens is 2. The SMILES string of the molecule is C[C@@H]1CCC[C@H](OCC(=O)Nc2cnccn2)C1. The first-order valence-electron chi connectivity index (χ1n) is 6.41. The van der Waals surface area contributed by atoms with Gasteiger partial charge in [-0.15, -0.1) is 0 Å². The number of anilines is 1. The highest BCUT2D eigenvalue weighted by atomic mass is 16.5. The number of carbonyl (C=O) groups is 1. The molecule has 5 heteroatoms. The zero-order valence-corrected chi connectivity index (χ0v) is 10.6. The molecule has 1 aromatic rings. The van der Waals surface area contributed by atoms with Gasteiger partial charge in [0.15, 0.2) is 5.82 Å². The van der Waals surface area contributed by atoms with Crippen molar-refractivity contribution < 1.29 is 9.53 Å². The number of nitrogens with zero attached hydrogens (tertiary/aromatic N) is 2.